The Labute approximate surface area is 186 Å². The highest BCUT2D eigenvalue weighted by Gasteiger charge is 2.04. The second-order valence-electron chi connectivity index (χ2n) is 6.49. The largest absolute Gasteiger partial charge is 0.379 e. The number of halogens is 1. The molecule has 28 heavy (non-hydrogen) atoms. The first-order valence-electron chi connectivity index (χ1n) is 9.30. The van der Waals surface area contributed by atoms with Gasteiger partial charge in [-0.15, -0.1) is 24.0 Å². The molecule has 0 aliphatic rings. The molecule has 0 fully saturated rings. The van der Waals surface area contributed by atoms with E-state index >= 15 is 0 Å². The summed E-state index contributed by atoms with van der Waals surface area (Å²) >= 11 is 0. The molecule has 0 heterocycles. The maximum atomic E-state index is 11.0. The van der Waals surface area contributed by atoms with Gasteiger partial charge in [0, 0.05) is 25.9 Å². The number of benzene rings is 1. The van der Waals surface area contributed by atoms with Crippen molar-refractivity contribution in [3.8, 4) is 0 Å². The maximum absolute atomic E-state index is 11.0. The van der Waals surface area contributed by atoms with Gasteiger partial charge in [0.15, 0.2) is 5.96 Å². The van der Waals surface area contributed by atoms with Crippen molar-refractivity contribution < 1.29 is 17.9 Å². The van der Waals surface area contributed by atoms with Gasteiger partial charge >= 0.3 is 0 Å². The van der Waals surface area contributed by atoms with Gasteiger partial charge in [0.05, 0.1) is 32.2 Å². The van der Waals surface area contributed by atoms with Crippen molar-refractivity contribution in [2.45, 2.75) is 20.5 Å². The fraction of sp³-hybridized carbons (Fsp3) is 0.632. The van der Waals surface area contributed by atoms with Crippen LogP contribution >= 0.6 is 24.0 Å². The molecule has 1 aromatic carbocycles. The summed E-state index contributed by atoms with van der Waals surface area (Å²) in [7, 11) is -2.97. The van der Waals surface area contributed by atoms with E-state index in [9.17, 15) is 8.42 Å². The summed E-state index contributed by atoms with van der Waals surface area (Å²) in [6, 6.07) is 10.1. The molecule has 2 N–H and O–H groups in total. The molecule has 0 saturated carbocycles. The van der Waals surface area contributed by atoms with Crippen molar-refractivity contribution in [2.75, 3.05) is 51.5 Å². The third kappa shape index (κ3) is 15.1. The lowest BCUT2D eigenvalue weighted by atomic mass is 10.2. The first-order chi connectivity index (χ1) is 12.9. The second kappa shape index (κ2) is 15.9. The predicted molar refractivity (Wildman–Crippen MR) is 125 cm³/mol. The van der Waals surface area contributed by atoms with Crippen LogP contribution in [0.4, 0.5) is 0 Å². The number of hydrogen-bond donors (Lipinski definition) is 2. The number of nitrogens with one attached hydrogen (secondary N) is 2. The van der Waals surface area contributed by atoms with E-state index < -0.39 is 9.84 Å². The standard InChI is InChI=1S/C19H33N3O4S.HI/c1-4-20-19(21-10-11-25-12-13-27(3,23)24)22-14-17(2)15-26-16-18-8-6-5-7-9-18;/h5-9,17H,4,10-16H2,1-3H3,(H2,20,21,22);1H. The van der Waals surface area contributed by atoms with Crippen LogP contribution in [0.25, 0.3) is 0 Å². The van der Waals surface area contributed by atoms with Crippen LogP contribution in [0.1, 0.15) is 19.4 Å². The number of rotatable bonds is 13. The van der Waals surface area contributed by atoms with Crippen LogP contribution in [0.5, 0.6) is 0 Å². The highest BCUT2D eigenvalue weighted by atomic mass is 127. The van der Waals surface area contributed by atoms with Gasteiger partial charge < -0.3 is 20.1 Å². The molecule has 0 aliphatic heterocycles. The van der Waals surface area contributed by atoms with Crippen LogP contribution in [0.15, 0.2) is 35.3 Å². The molecule has 7 nitrogen and oxygen atoms in total. The van der Waals surface area contributed by atoms with E-state index in [1.807, 2.05) is 37.3 Å². The first kappa shape index (κ1) is 27.1. The van der Waals surface area contributed by atoms with Crippen molar-refractivity contribution >= 4 is 39.8 Å². The third-order valence-electron chi connectivity index (χ3n) is 3.56. The SMILES string of the molecule is CCNC(=NCC(C)COCc1ccccc1)NCCOCCS(C)(=O)=O.I. The number of nitrogens with zero attached hydrogens (tertiary/aromatic N) is 1. The third-order valence-corrected chi connectivity index (χ3v) is 4.46. The Balaban J connectivity index is 0.00000729. The number of sulfone groups is 1. The highest BCUT2D eigenvalue weighted by Crippen LogP contribution is 2.03. The van der Waals surface area contributed by atoms with Crippen LogP contribution in [0.3, 0.4) is 0 Å². The average molecular weight is 527 g/mol. The van der Waals surface area contributed by atoms with Crippen molar-refractivity contribution in [3.05, 3.63) is 35.9 Å². The highest BCUT2D eigenvalue weighted by molar-refractivity contribution is 14.0. The maximum Gasteiger partial charge on any atom is 0.191 e. The van der Waals surface area contributed by atoms with Gasteiger partial charge in [0.2, 0.25) is 0 Å². The Bertz CT molecular complexity index is 642. The zero-order valence-corrected chi connectivity index (χ0v) is 20.2. The minimum atomic E-state index is -2.97. The van der Waals surface area contributed by atoms with E-state index in [1.165, 1.54) is 11.8 Å². The molecule has 1 unspecified atom stereocenters. The molecule has 1 rings (SSSR count). The predicted octanol–water partition coefficient (Wildman–Crippen LogP) is 2.07. The van der Waals surface area contributed by atoms with Gasteiger partial charge in [-0.25, -0.2) is 8.42 Å². The van der Waals surface area contributed by atoms with Crippen LogP contribution in [-0.4, -0.2) is 65.8 Å². The van der Waals surface area contributed by atoms with Crippen molar-refractivity contribution in [1.29, 1.82) is 0 Å². The number of ether oxygens (including phenoxy) is 2. The monoisotopic (exact) mass is 527 g/mol. The van der Waals surface area contributed by atoms with Crippen molar-refractivity contribution in [3.63, 3.8) is 0 Å². The molecule has 0 saturated heterocycles. The molecule has 0 aliphatic carbocycles. The smallest absolute Gasteiger partial charge is 0.191 e. The minimum Gasteiger partial charge on any atom is -0.379 e. The van der Waals surface area contributed by atoms with Gasteiger partial charge in [-0.2, -0.15) is 0 Å². The molecule has 9 heteroatoms. The quantitative estimate of drug-likeness (QED) is 0.177. The Kier molecular flexibility index (Phi) is 15.4. The number of hydrogen-bond acceptors (Lipinski definition) is 5. The van der Waals surface area contributed by atoms with E-state index in [0.717, 1.165) is 12.5 Å². The van der Waals surface area contributed by atoms with Crippen LogP contribution < -0.4 is 10.6 Å². The molecule has 0 amide bonds. The van der Waals surface area contributed by atoms with E-state index in [-0.39, 0.29) is 36.3 Å². The van der Waals surface area contributed by atoms with E-state index in [0.29, 0.717) is 38.8 Å². The van der Waals surface area contributed by atoms with Gasteiger partial charge in [0.1, 0.15) is 9.84 Å². The Morgan fingerprint density at radius 2 is 1.86 bits per heavy atom. The van der Waals surface area contributed by atoms with E-state index in [2.05, 4.69) is 22.5 Å². The molecule has 1 aromatic rings. The average Bonchev–Trinajstić information content (AvgIpc) is 2.62. The molecule has 162 valence electrons. The zero-order valence-electron chi connectivity index (χ0n) is 17.0. The second-order valence-corrected chi connectivity index (χ2v) is 8.75. The Hall–Kier alpha value is -0.910. The Morgan fingerprint density at radius 3 is 2.50 bits per heavy atom. The summed E-state index contributed by atoms with van der Waals surface area (Å²) in [6.45, 7) is 7.98. The van der Waals surface area contributed by atoms with Crippen LogP contribution in [-0.2, 0) is 25.9 Å². The van der Waals surface area contributed by atoms with Crippen LogP contribution in [0.2, 0.25) is 0 Å². The molecule has 0 radical (unpaired) electrons. The topological polar surface area (TPSA) is 89.0 Å². The number of aliphatic imine (C=N–C) groups is 1. The molecular weight excluding hydrogens is 493 g/mol. The van der Waals surface area contributed by atoms with Crippen molar-refractivity contribution in [1.82, 2.24) is 10.6 Å². The molecule has 0 spiro atoms. The fourth-order valence-electron chi connectivity index (χ4n) is 2.15. The zero-order chi connectivity index (χ0) is 20.0. The summed E-state index contributed by atoms with van der Waals surface area (Å²) in [4.78, 5) is 4.56. The van der Waals surface area contributed by atoms with Gasteiger partial charge in [-0.05, 0) is 18.4 Å². The summed E-state index contributed by atoms with van der Waals surface area (Å²) in [6.07, 6.45) is 1.20. The lowest BCUT2D eigenvalue weighted by molar-refractivity contribution is 0.0944. The summed E-state index contributed by atoms with van der Waals surface area (Å²) in [5.74, 6) is 1.07. The summed E-state index contributed by atoms with van der Waals surface area (Å²) in [5, 5.41) is 6.36. The van der Waals surface area contributed by atoms with Gasteiger partial charge in [-0.3, -0.25) is 4.99 Å². The van der Waals surface area contributed by atoms with Crippen molar-refractivity contribution in [2.24, 2.45) is 10.9 Å². The minimum absolute atomic E-state index is 0. The number of guanidine groups is 1. The molecular formula is C19H34IN3O4S. The summed E-state index contributed by atoms with van der Waals surface area (Å²) in [5.41, 5.74) is 1.17. The Morgan fingerprint density at radius 1 is 1.14 bits per heavy atom. The lowest BCUT2D eigenvalue weighted by Crippen LogP contribution is -2.39. The summed E-state index contributed by atoms with van der Waals surface area (Å²) < 4.78 is 33.1. The normalized spacial score (nSPS) is 12.9. The van der Waals surface area contributed by atoms with Gasteiger partial charge in [-0.1, -0.05) is 37.3 Å². The van der Waals surface area contributed by atoms with E-state index in [1.54, 1.807) is 0 Å². The van der Waals surface area contributed by atoms with Gasteiger partial charge in [0.25, 0.3) is 0 Å². The molecule has 1 atom stereocenters. The van der Waals surface area contributed by atoms with Crippen LogP contribution in [0, 0.1) is 5.92 Å². The molecule has 0 aromatic heterocycles. The first-order valence-corrected chi connectivity index (χ1v) is 11.4. The fourth-order valence-corrected chi connectivity index (χ4v) is 2.57. The van der Waals surface area contributed by atoms with E-state index in [4.69, 9.17) is 9.47 Å². The molecule has 0 bridgehead atoms. The lowest BCUT2D eigenvalue weighted by Gasteiger charge is -2.14.